The first kappa shape index (κ1) is 12.9. The minimum Gasteiger partial charge on any atom is -0.486 e. The molecule has 0 spiro atoms. The lowest BCUT2D eigenvalue weighted by Gasteiger charge is -2.06. The summed E-state index contributed by atoms with van der Waals surface area (Å²) in [6, 6.07) is 6.20. The van der Waals surface area contributed by atoms with Crippen LogP contribution in [0.25, 0.3) is 0 Å². The number of hydrogen-bond donors (Lipinski definition) is 1. The van der Waals surface area contributed by atoms with Crippen LogP contribution in [0.15, 0.2) is 34.9 Å². The summed E-state index contributed by atoms with van der Waals surface area (Å²) in [5.74, 6) is 0.646. The molecule has 0 saturated carbocycles. The molecule has 0 bridgehead atoms. The van der Waals surface area contributed by atoms with Crippen molar-refractivity contribution in [2.45, 2.75) is 13.2 Å². The molecule has 0 saturated heterocycles. The molecule has 1 aromatic heterocycles. The third-order valence-electron chi connectivity index (χ3n) is 2.47. The molecular formula is C13H13ClFNO2. The van der Waals surface area contributed by atoms with Gasteiger partial charge in [-0.2, -0.15) is 0 Å². The fourth-order valence-electron chi connectivity index (χ4n) is 1.56. The highest BCUT2D eigenvalue weighted by Crippen LogP contribution is 2.22. The van der Waals surface area contributed by atoms with E-state index in [9.17, 15) is 4.39 Å². The molecule has 1 heterocycles. The number of furan rings is 1. The zero-order valence-corrected chi connectivity index (χ0v) is 10.6. The second kappa shape index (κ2) is 5.89. The number of nitrogens with one attached hydrogen (secondary N) is 1. The van der Waals surface area contributed by atoms with Gasteiger partial charge < -0.3 is 14.5 Å². The predicted octanol–water partition coefficient (Wildman–Crippen LogP) is 3.37. The fourth-order valence-corrected chi connectivity index (χ4v) is 1.67. The Kier molecular flexibility index (Phi) is 4.23. The topological polar surface area (TPSA) is 34.4 Å². The van der Waals surface area contributed by atoms with Crippen molar-refractivity contribution < 1.29 is 13.5 Å². The maximum absolute atomic E-state index is 13.2. The number of benzene rings is 1. The Bertz CT molecular complexity index is 527. The summed E-state index contributed by atoms with van der Waals surface area (Å²) in [5.41, 5.74) is 1.02. The van der Waals surface area contributed by atoms with Crippen LogP contribution in [0.3, 0.4) is 0 Å². The Hall–Kier alpha value is -1.52. The van der Waals surface area contributed by atoms with Crippen molar-refractivity contribution in [3.8, 4) is 5.75 Å². The highest BCUT2D eigenvalue weighted by atomic mass is 35.5. The molecule has 96 valence electrons. The quantitative estimate of drug-likeness (QED) is 0.904. The average Bonchev–Trinajstić information content (AvgIpc) is 2.79. The van der Waals surface area contributed by atoms with Gasteiger partial charge in [0.15, 0.2) is 0 Å². The fraction of sp³-hybridized carbons (Fsp3) is 0.231. The molecule has 2 rings (SSSR count). The first-order valence-electron chi connectivity index (χ1n) is 5.48. The van der Waals surface area contributed by atoms with Gasteiger partial charge in [-0.05, 0) is 25.2 Å². The van der Waals surface area contributed by atoms with Gasteiger partial charge in [0.1, 0.15) is 23.9 Å². The summed E-state index contributed by atoms with van der Waals surface area (Å²) >= 11 is 5.59. The molecule has 2 aromatic rings. The van der Waals surface area contributed by atoms with Crippen LogP contribution in [0.5, 0.6) is 5.75 Å². The molecular weight excluding hydrogens is 257 g/mol. The van der Waals surface area contributed by atoms with Crippen LogP contribution in [0, 0.1) is 5.82 Å². The predicted molar refractivity (Wildman–Crippen MR) is 67.2 cm³/mol. The molecule has 1 aromatic carbocycles. The van der Waals surface area contributed by atoms with Crippen LogP contribution in [0.4, 0.5) is 4.39 Å². The standard InChI is InChI=1S/C13H13ClFNO2/c1-16-7-9-4-5-17-13(9)8-18-10-2-3-11(14)12(15)6-10/h2-6,16H,7-8H2,1H3. The van der Waals surface area contributed by atoms with Crippen molar-refractivity contribution in [3.63, 3.8) is 0 Å². The Morgan fingerprint density at radius 1 is 1.39 bits per heavy atom. The van der Waals surface area contributed by atoms with Crippen molar-refractivity contribution >= 4 is 11.6 Å². The van der Waals surface area contributed by atoms with Crippen LogP contribution in [-0.4, -0.2) is 7.05 Å². The van der Waals surface area contributed by atoms with Crippen LogP contribution in [0.1, 0.15) is 11.3 Å². The Labute approximate surface area is 110 Å². The van der Waals surface area contributed by atoms with E-state index in [0.717, 1.165) is 11.3 Å². The van der Waals surface area contributed by atoms with Gasteiger partial charge in [0.05, 0.1) is 11.3 Å². The Morgan fingerprint density at radius 3 is 2.94 bits per heavy atom. The van der Waals surface area contributed by atoms with Crippen molar-refractivity contribution in [2.24, 2.45) is 0 Å². The van der Waals surface area contributed by atoms with Gasteiger partial charge in [0, 0.05) is 18.2 Å². The van der Waals surface area contributed by atoms with Gasteiger partial charge in [0.2, 0.25) is 0 Å². The van der Waals surface area contributed by atoms with Gasteiger partial charge in [-0.15, -0.1) is 0 Å². The molecule has 0 unspecified atom stereocenters. The van der Waals surface area contributed by atoms with Crippen LogP contribution in [0.2, 0.25) is 5.02 Å². The summed E-state index contributed by atoms with van der Waals surface area (Å²) in [6.07, 6.45) is 1.60. The van der Waals surface area contributed by atoms with Gasteiger partial charge in [-0.25, -0.2) is 4.39 Å². The molecule has 0 amide bonds. The van der Waals surface area contributed by atoms with E-state index in [1.54, 1.807) is 12.3 Å². The van der Waals surface area contributed by atoms with E-state index in [2.05, 4.69) is 5.32 Å². The second-order valence-electron chi connectivity index (χ2n) is 3.76. The van der Waals surface area contributed by atoms with Crippen LogP contribution >= 0.6 is 11.6 Å². The maximum Gasteiger partial charge on any atom is 0.146 e. The molecule has 3 nitrogen and oxygen atoms in total. The lowest BCUT2D eigenvalue weighted by atomic mass is 10.2. The molecule has 0 aliphatic rings. The lowest BCUT2D eigenvalue weighted by molar-refractivity contribution is 0.267. The number of halogens is 2. The molecule has 0 aliphatic carbocycles. The zero-order valence-electron chi connectivity index (χ0n) is 9.87. The average molecular weight is 270 g/mol. The largest absolute Gasteiger partial charge is 0.486 e. The van der Waals surface area contributed by atoms with Crippen molar-refractivity contribution in [3.05, 3.63) is 52.7 Å². The smallest absolute Gasteiger partial charge is 0.146 e. The molecule has 0 radical (unpaired) electrons. The third kappa shape index (κ3) is 3.03. The van der Waals surface area contributed by atoms with E-state index >= 15 is 0 Å². The van der Waals surface area contributed by atoms with Gasteiger partial charge >= 0.3 is 0 Å². The zero-order chi connectivity index (χ0) is 13.0. The van der Waals surface area contributed by atoms with E-state index in [-0.39, 0.29) is 11.6 Å². The van der Waals surface area contributed by atoms with Gasteiger partial charge in [-0.1, -0.05) is 11.6 Å². The van der Waals surface area contributed by atoms with E-state index in [1.165, 1.54) is 12.1 Å². The van der Waals surface area contributed by atoms with E-state index < -0.39 is 5.82 Å². The second-order valence-corrected chi connectivity index (χ2v) is 4.17. The Morgan fingerprint density at radius 2 is 2.22 bits per heavy atom. The summed E-state index contributed by atoms with van der Waals surface area (Å²) in [5, 5.41) is 3.11. The van der Waals surface area contributed by atoms with E-state index in [0.29, 0.717) is 12.3 Å². The molecule has 1 N–H and O–H groups in total. The highest BCUT2D eigenvalue weighted by molar-refractivity contribution is 6.30. The first-order chi connectivity index (χ1) is 8.70. The van der Waals surface area contributed by atoms with E-state index in [1.807, 2.05) is 13.1 Å². The van der Waals surface area contributed by atoms with Gasteiger partial charge in [0.25, 0.3) is 0 Å². The third-order valence-corrected chi connectivity index (χ3v) is 2.77. The first-order valence-corrected chi connectivity index (χ1v) is 5.86. The lowest BCUT2D eigenvalue weighted by Crippen LogP contribution is -2.07. The summed E-state index contributed by atoms with van der Waals surface area (Å²) in [6.45, 7) is 0.954. The van der Waals surface area contributed by atoms with Crippen molar-refractivity contribution in [2.75, 3.05) is 7.05 Å². The number of hydrogen-bond acceptors (Lipinski definition) is 3. The molecule has 5 heteroatoms. The van der Waals surface area contributed by atoms with Crippen LogP contribution < -0.4 is 10.1 Å². The highest BCUT2D eigenvalue weighted by Gasteiger charge is 2.07. The molecule has 0 aliphatic heterocycles. The number of rotatable bonds is 5. The van der Waals surface area contributed by atoms with Gasteiger partial charge in [-0.3, -0.25) is 0 Å². The van der Waals surface area contributed by atoms with Crippen molar-refractivity contribution in [1.29, 1.82) is 0 Å². The summed E-state index contributed by atoms with van der Waals surface area (Å²) in [4.78, 5) is 0. The van der Waals surface area contributed by atoms with E-state index in [4.69, 9.17) is 20.8 Å². The number of ether oxygens (including phenoxy) is 1. The summed E-state index contributed by atoms with van der Waals surface area (Å²) < 4.78 is 24.0. The maximum atomic E-state index is 13.2. The minimum atomic E-state index is -0.496. The normalized spacial score (nSPS) is 10.6. The van der Waals surface area contributed by atoms with Crippen molar-refractivity contribution in [1.82, 2.24) is 5.32 Å². The minimum absolute atomic E-state index is 0.0798. The Balaban J connectivity index is 2.02. The SMILES string of the molecule is CNCc1ccoc1COc1ccc(Cl)c(F)c1. The monoisotopic (exact) mass is 269 g/mol. The molecule has 0 atom stereocenters. The summed E-state index contributed by atoms with van der Waals surface area (Å²) in [7, 11) is 1.85. The molecule has 18 heavy (non-hydrogen) atoms. The molecule has 0 fully saturated rings. The van der Waals surface area contributed by atoms with Crippen LogP contribution in [-0.2, 0) is 13.2 Å².